The van der Waals surface area contributed by atoms with Crippen molar-refractivity contribution in [1.29, 1.82) is 0 Å². The van der Waals surface area contributed by atoms with E-state index in [1.54, 1.807) is 11.1 Å². The molecule has 2 aromatic carbocycles. The molecular weight excluding hydrogens is 489 g/mol. The summed E-state index contributed by atoms with van der Waals surface area (Å²) in [6.07, 6.45) is 1.15. The highest BCUT2D eigenvalue weighted by Crippen LogP contribution is 2.70. The first-order valence-electron chi connectivity index (χ1n) is 13.4. The quantitative estimate of drug-likeness (QED) is 0.332. The summed E-state index contributed by atoms with van der Waals surface area (Å²) in [6, 6.07) is 23.7. The lowest BCUT2D eigenvalue weighted by Gasteiger charge is -2.69. The molecule has 0 bridgehead atoms. The second-order valence-electron chi connectivity index (χ2n) is 14.7. The predicted molar refractivity (Wildman–Crippen MR) is 168 cm³/mol. The maximum atomic E-state index is 7.88. The summed E-state index contributed by atoms with van der Waals surface area (Å²) in [6.45, 7) is 30.9. The molecule has 0 saturated heterocycles. The monoisotopic (exact) mass is 538 g/mol. The molecule has 2 aromatic rings. The Morgan fingerprint density at radius 2 is 1.11 bits per heavy atom. The molecule has 0 aromatic heterocycles. The third kappa shape index (κ3) is 5.08. The van der Waals surface area contributed by atoms with E-state index in [4.69, 9.17) is 4.12 Å². The van der Waals surface area contributed by atoms with Crippen molar-refractivity contribution in [2.45, 2.75) is 96.8 Å². The van der Waals surface area contributed by atoms with E-state index in [0.717, 1.165) is 12.5 Å². The zero-order valence-electron chi connectivity index (χ0n) is 24.6. The summed E-state index contributed by atoms with van der Waals surface area (Å²) >= 11 is 0. The largest absolute Gasteiger partial charge is 0.457 e. The SMILES string of the molecule is CC(C)(C)[C@@]1([Si](C)(C)C)CC(c2ccccc2)=C(c2ccccc2)C[Si@]1(O[Si](C)(C)C)[Si](C)(C)C. The van der Waals surface area contributed by atoms with E-state index in [1.807, 2.05) is 0 Å². The van der Waals surface area contributed by atoms with Crippen LogP contribution in [0.1, 0.15) is 38.3 Å². The molecule has 35 heavy (non-hydrogen) atoms. The van der Waals surface area contributed by atoms with Crippen molar-refractivity contribution in [2.24, 2.45) is 5.41 Å². The summed E-state index contributed by atoms with van der Waals surface area (Å²) in [5.41, 5.74) is 6.13. The third-order valence-corrected chi connectivity index (χ3v) is 35.5. The van der Waals surface area contributed by atoms with Gasteiger partial charge < -0.3 is 4.12 Å². The minimum atomic E-state index is -2.29. The fraction of sp³-hybridized carbons (Fsp3) is 0.533. The first kappa shape index (κ1) is 28.6. The van der Waals surface area contributed by atoms with Crippen LogP contribution >= 0.6 is 0 Å². The summed E-state index contributed by atoms with van der Waals surface area (Å²) in [4.78, 5) is 0. The van der Waals surface area contributed by atoms with Gasteiger partial charge in [0.25, 0.3) is 0 Å². The van der Waals surface area contributed by atoms with Gasteiger partial charge in [0.15, 0.2) is 16.2 Å². The summed E-state index contributed by atoms with van der Waals surface area (Å²) in [5, 5.41) is 0. The maximum Gasteiger partial charge on any atom is 0.174 e. The van der Waals surface area contributed by atoms with Gasteiger partial charge in [-0.3, -0.25) is 0 Å². The summed E-state index contributed by atoms with van der Waals surface area (Å²) in [5.74, 6) is 0. The van der Waals surface area contributed by atoms with Crippen LogP contribution in [0.2, 0.25) is 69.6 Å². The zero-order chi connectivity index (χ0) is 26.5. The van der Waals surface area contributed by atoms with Gasteiger partial charge in [-0.25, -0.2) is 0 Å². The van der Waals surface area contributed by atoms with Crippen LogP contribution in [0.25, 0.3) is 11.1 Å². The number of benzene rings is 2. The van der Waals surface area contributed by atoms with E-state index in [-0.39, 0.29) is 10.1 Å². The van der Waals surface area contributed by atoms with Gasteiger partial charge in [-0.05, 0) is 64.5 Å². The first-order valence-corrected chi connectivity index (χ1v) is 26.9. The number of hydrogen-bond donors (Lipinski definition) is 0. The van der Waals surface area contributed by atoms with E-state index >= 15 is 0 Å². The lowest BCUT2D eigenvalue weighted by Crippen LogP contribution is -2.78. The van der Waals surface area contributed by atoms with Gasteiger partial charge in [-0.2, -0.15) is 0 Å². The molecular formula is C30H50OSi4. The molecule has 0 radical (unpaired) electrons. The molecule has 0 amide bonds. The Kier molecular flexibility index (Phi) is 7.67. The van der Waals surface area contributed by atoms with Crippen LogP contribution in [0.4, 0.5) is 0 Å². The Bertz CT molecular complexity index is 1030. The van der Waals surface area contributed by atoms with Crippen LogP contribution in [-0.4, -0.2) is 31.8 Å². The topological polar surface area (TPSA) is 9.23 Å². The Labute approximate surface area is 220 Å². The van der Waals surface area contributed by atoms with Crippen molar-refractivity contribution in [2.75, 3.05) is 0 Å². The van der Waals surface area contributed by atoms with Crippen molar-refractivity contribution in [3.8, 4) is 0 Å². The average Bonchev–Trinajstić information content (AvgIpc) is 2.71. The predicted octanol–water partition coefficient (Wildman–Crippen LogP) is 9.88. The van der Waals surface area contributed by atoms with E-state index in [1.165, 1.54) is 11.1 Å². The van der Waals surface area contributed by atoms with Crippen molar-refractivity contribution >= 4 is 43.0 Å². The molecule has 0 fully saturated rings. The maximum absolute atomic E-state index is 7.88. The molecule has 192 valence electrons. The lowest BCUT2D eigenvalue weighted by molar-refractivity contribution is 0.298. The highest BCUT2D eigenvalue weighted by atomic mass is 29.3. The van der Waals surface area contributed by atoms with Crippen molar-refractivity contribution in [3.05, 3.63) is 71.8 Å². The summed E-state index contributed by atoms with van der Waals surface area (Å²) in [7, 11) is -7.55. The van der Waals surface area contributed by atoms with E-state index in [9.17, 15) is 0 Å². The molecule has 0 saturated carbocycles. The van der Waals surface area contributed by atoms with E-state index < -0.39 is 31.8 Å². The molecule has 1 aliphatic rings. The van der Waals surface area contributed by atoms with Gasteiger partial charge in [-0.15, -0.1) is 0 Å². The normalized spacial score (nSPS) is 24.6. The Balaban J connectivity index is 2.54. The van der Waals surface area contributed by atoms with Gasteiger partial charge in [-0.1, -0.05) is 121 Å². The summed E-state index contributed by atoms with van der Waals surface area (Å²) < 4.78 is 8.11. The second kappa shape index (κ2) is 9.39. The van der Waals surface area contributed by atoms with Crippen LogP contribution in [0.15, 0.2) is 60.7 Å². The molecule has 2 atom stereocenters. The molecule has 5 heteroatoms. The van der Waals surface area contributed by atoms with E-state index in [0.29, 0.717) is 0 Å². The van der Waals surface area contributed by atoms with Crippen LogP contribution in [-0.2, 0) is 4.12 Å². The van der Waals surface area contributed by atoms with Crippen molar-refractivity contribution < 1.29 is 4.12 Å². The Morgan fingerprint density at radius 1 is 0.686 bits per heavy atom. The number of hydrogen-bond acceptors (Lipinski definition) is 1. The highest BCUT2D eigenvalue weighted by Gasteiger charge is 2.72. The van der Waals surface area contributed by atoms with Crippen LogP contribution in [0, 0.1) is 5.41 Å². The third-order valence-electron chi connectivity index (χ3n) is 8.42. The van der Waals surface area contributed by atoms with Gasteiger partial charge >= 0.3 is 0 Å². The van der Waals surface area contributed by atoms with Crippen LogP contribution in [0.3, 0.4) is 0 Å². The average molecular weight is 539 g/mol. The fourth-order valence-corrected chi connectivity index (χ4v) is 46.7. The molecule has 0 unspecified atom stereocenters. The standard InChI is InChI=1S/C30H50OSi4/c1-29(2,3)30(32(4,5)6)23-27(25-19-15-13-16-20-25)28(26-21-17-14-18-22-26)24-35(30,34(10,11)12)31-33(7,8)9/h13-22H,23-24H2,1-12H3/t30-,35+/m1/s1. The first-order chi connectivity index (χ1) is 15.9. The van der Waals surface area contributed by atoms with Gasteiger partial charge in [0, 0.05) is 0 Å². The molecule has 0 spiro atoms. The van der Waals surface area contributed by atoms with Crippen molar-refractivity contribution in [3.63, 3.8) is 0 Å². The van der Waals surface area contributed by atoms with Gasteiger partial charge in [0.1, 0.15) is 0 Å². The Hall–Kier alpha value is -0.992. The second-order valence-corrected chi connectivity index (χ2v) is 39.9. The lowest BCUT2D eigenvalue weighted by atomic mass is 9.82. The van der Waals surface area contributed by atoms with Gasteiger partial charge in [0.05, 0.1) is 15.7 Å². The Morgan fingerprint density at radius 3 is 1.46 bits per heavy atom. The smallest absolute Gasteiger partial charge is 0.174 e. The van der Waals surface area contributed by atoms with E-state index in [2.05, 4.69) is 140 Å². The molecule has 1 nitrogen and oxygen atoms in total. The van der Waals surface area contributed by atoms with Crippen LogP contribution < -0.4 is 0 Å². The van der Waals surface area contributed by atoms with Crippen LogP contribution in [0.5, 0.6) is 0 Å². The fourth-order valence-electron chi connectivity index (χ4n) is 7.42. The zero-order valence-corrected chi connectivity index (χ0v) is 28.6. The number of allylic oxidation sites excluding steroid dienone is 2. The minimum Gasteiger partial charge on any atom is -0.457 e. The molecule has 0 aliphatic carbocycles. The molecule has 1 heterocycles. The van der Waals surface area contributed by atoms with Gasteiger partial charge in [0.2, 0.25) is 0 Å². The van der Waals surface area contributed by atoms with Crippen molar-refractivity contribution in [1.82, 2.24) is 0 Å². The molecule has 0 N–H and O–H groups in total. The molecule has 1 aliphatic heterocycles. The molecule has 3 rings (SSSR count). The highest BCUT2D eigenvalue weighted by molar-refractivity contribution is 7.44. The minimum absolute atomic E-state index is 0.172. The number of rotatable bonds is 6.